The monoisotopic (exact) mass is 314 g/mol. The topological polar surface area (TPSA) is 34.0 Å². The summed E-state index contributed by atoms with van der Waals surface area (Å²) in [5, 5.41) is 3.88. The summed E-state index contributed by atoms with van der Waals surface area (Å²) in [6, 6.07) is 13.2. The molecule has 2 aromatic carbocycles. The maximum atomic E-state index is 13.2. The Balaban J connectivity index is 1.67. The molecule has 5 heteroatoms. The van der Waals surface area contributed by atoms with Crippen LogP contribution in [0.2, 0.25) is 0 Å². The minimum absolute atomic E-state index is 0.109. The second-order valence-corrected chi connectivity index (χ2v) is 5.38. The minimum Gasteiger partial charge on any atom is -0.350 e. The maximum absolute atomic E-state index is 13.2. The number of fused-ring (bicyclic) bond motifs is 1. The number of hydrogen-bond acceptors (Lipinski definition) is 1. The molecule has 0 atom stereocenters. The van der Waals surface area contributed by atoms with Gasteiger partial charge in [-0.2, -0.15) is 0 Å². The average molecular weight is 314 g/mol. The van der Waals surface area contributed by atoms with Crippen molar-refractivity contribution in [3.05, 3.63) is 71.4 Å². The van der Waals surface area contributed by atoms with E-state index in [1.54, 1.807) is 0 Å². The van der Waals surface area contributed by atoms with Crippen molar-refractivity contribution in [1.29, 1.82) is 0 Å². The van der Waals surface area contributed by atoms with Crippen molar-refractivity contribution >= 4 is 16.8 Å². The molecule has 118 valence electrons. The zero-order chi connectivity index (χ0) is 16.4. The number of rotatable bonds is 4. The molecule has 1 heterocycles. The molecule has 0 spiro atoms. The molecule has 0 aliphatic carbocycles. The first kappa shape index (κ1) is 15.2. The molecular weight excluding hydrogens is 298 g/mol. The molecular formula is C18H16F2N2O. The predicted molar refractivity (Wildman–Crippen MR) is 85.4 cm³/mol. The summed E-state index contributed by atoms with van der Waals surface area (Å²) in [6.07, 6.45) is 0. The van der Waals surface area contributed by atoms with Gasteiger partial charge in [-0.3, -0.25) is 4.79 Å². The lowest BCUT2D eigenvalue weighted by Gasteiger charge is -2.10. The molecule has 0 aliphatic heterocycles. The van der Waals surface area contributed by atoms with E-state index >= 15 is 0 Å². The molecule has 1 amide bonds. The van der Waals surface area contributed by atoms with Gasteiger partial charge in [0.05, 0.1) is 0 Å². The highest BCUT2D eigenvalue weighted by atomic mass is 19.2. The van der Waals surface area contributed by atoms with Crippen molar-refractivity contribution < 1.29 is 13.6 Å². The van der Waals surface area contributed by atoms with Crippen LogP contribution in [0.25, 0.3) is 10.9 Å². The Hall–Kier alpha value is -2.69. The minimum atomic E-state index is -1.02. The highest BCUT2D eigenvalue weighted by Crippen LogP contribution is 2.18. The Morgan fingerprint density at radius 3 is 2.65 bits per heavy atom. The van der Waals surface area contributed by atoms with Crippen molar-refractivity contribution in [1.82, 2.24) is 9.88 Å². The first-order valence-electron chi connectivity index (χ1n) is 7.34. The van der Waals surface area contributed by atoms with Crippen molar-refractivity contribution in [3.63, 3.8) is 0 Å². The zero-order valence-corrected chi connectivity index (χ0v) is 12.6. The fourth-order valence-electron chi connectivity index (χ4n) is 2.67. The molecule has 0 radical (unpaired) electrons. The van der Waals surface area contributed by atoms with E-state index in [9.17, 15) is 13.6 Å². The van der Waals surface area contributed by atoms with Crippen molar-refractivity contribution in [2.75, 3.05) is 6.54 Å². The second kappa shape index (κ2) is 6.20. The van der Waals surface area contributed by atoms with Crippen LogP contribution in [0.3, 0.4) is 0 Å². The third-order valence-electron chi connectivity index (χ3n) is 3.82. The van der Waals surface area contributed by atoms with E-state index in [4.69, 9.17) is 0 Å². The molecule has 23 heavy (non-hydrogen) atoms. The molecule has 0 saturated heterocycles. The van der Waals surface area contributed by atoms with Crippen LogP contribution in [0.15, 0.2) is 48.5 Å². The number of benzene rings is 2. The highest BCUT2D eigenvalue weighted by molar-refractivity contribution is 5.94. The molecule has 1 aromatic heterocycles. The summed E-state index contributed by atoms with van der Waals surface area (Å²) < 4.78 is 28.1. The van der Waals surface area contributed by atoms with Crippen LogP contribution < -0.4 is 5.32 Å². The van der Waals surface area contributed by atoms with Gasteiger partial charge in [0.25, 0.3) is 5.91 Å². The quantitative estimate of drug-likeness (QED) is 0.783. The fraction of sp³-hybridized carbons (Fsp3) is 0.167. The van der Waals surface area contributed by atoms with Crippen molar-refractivity contribution in [2.24, 2.45) is 0 Å². The maximum Gasteiger partial charge on any atom is 0.251 e. The third-order valence-corrected chi connectivity index (χ3v) is 3.82. The van der Waals surface area contributed by atoms with Crippen LogP contribution >= 0.6 is 0 Å². The average Bonchev–Trinajstić information content (AvgIpc) is 2.86. The number of para-hydroxylation sites is 1. The van der Waals surface area contributed by atoms with E-state index in [1.807, 2.05) is 31.2 Å². The molecule has 0 unspecified atom stereocenters. The van der Waals surface area contributed by atoms with Gasteiger partial charge in [0.1, 0.15) is 0 Å². The lowest BCUT2D eigenvalue weighted by Crippen LogP contribution is -2.27. The molecule has 0 bridgehead atoms. The normalized spacial score (nSPS) is 10.9. The van der Waals surface area contributed by atoms with Crippen molar-refractivity contribution in [2.45, 2.75) is 13.5 Å². The number of carbonyl (C=O) groups excluding carboxylic acids is 1. The lowest BCUT2D eigenvalue weighted by atomic mass is 10.2. The smallest absolute Gasteiger partial charge is 0.251 e. The number of nitrogens with one attached hydrogen (secondary N) is 1. The summed E-state index contributed by atoms with van der Waals surface area (Å²) in [5.41, 5.74) is 2.32. The summed E-state index contributed by atoms with van der Waals surface area (Å²) in [4.78, 5) is 12.0. The van der Waals surface area contributed by atoms with Crippen LogP contribution in [0, 0.1) is 18.6 Å². The number of aromatic nitrogens is 1. The van der Waals surface area contributed by atoms with Gasteiger partial charge in [-0.05, 0) is 42.6 Å². The first-order valence-corrected chi connectivity index (χ1v) is 7.34. The standard InChI is InChI=1S/C18H16F2N2O/c1-12-10-13-4-2-3-5-17(13)22(12)9-8-21-18(23)14-6-7-15(19)16(20)11-14/h2-7,10-11H,8-9H2,1H3,(H,21,23). The third kappa shape index (κ3) is 3.08. The molecule has 0 aliphatic rings. The van der Waals surface area contributed by atoms with E-state index in [0.717, 1.165) is 28.7 Å². The Morgan fingerprint density at radius 2 is 1.87 bits per heavy atom. The Kier molecular flexibility index (Phi) is 4.10. The number of nitrogens with zero attached hydrogens (tertiary/aromatic N) is 1. The Morgan fingerprint density at radius 1 is 1.09 bits per heavy atom. The second-order valence-electron chi connectivity index (χ2n) is 5.38. The van der Waals surface area contributed by atoms with Crippen LogP contribution in [0.5, 0.6) is 0 Å². The van der Waals surface area contributed by atoms with Gasteiger partial charge in [-0.1, -0.05) is 18.2 Å². The van der Waals surface area contributed by atoms with Gasteiger partial charge in [0.15, 0.2) is 11.6 Å². The van der Waals surface area contributed by atoms with Crippen LogP contribution in [-0.2, 0) is 6.54 Å². The molecule has 3 aromatic rings. The number of carbonyl (C=O) groups is 1. The van der Waals surface area contributed by atoms with Crippen LogP contribution in [0.1, 0.15) is 16.1 Å². The van der Waals surface area contributed by atoms with Gasteiger partial charge >= 0.3 is 0 Å². The van der Waals surface area contributed by atoms with E-state index in [1.165, 1.54) is 6.07 Å². The SMILES string of the molecule is Cc1cc2ccccc2n1CCNC(=O)c1ccc(F)c(F)c1. The number of hydrogen-bond donors (Lipinski definition) is 1. The van der Waals surface area contributed by atoms with Gasteiger partial charge in [-0.25, -0.2) is 8.78 Å². The van der Waals surface area contributed by atoms with Gasteiger partial charge in [-0.15, -0.1) is 0 Å². The molecule has 3 nitrogen and oxygen atoms in total. The summed E-state index contributed by atoms with van der Waals surface area (Å²) >= 11 is 0. The van der Waals surface area contributed by atoms with E-state index < -0.39 is 17.5 Å². The zero-order valence-electron chi connectivity index (χ0n) is 12.6. The van der Waals surface area contributed by atoms with E-state index in [0.29, 0.717) is 13.1 Å². The summed E-state index contributed by atoms with van der Waals surface area (Å²) in [7, 11) is 0. The predicted octanol–water partition coefficient (Wildman–Crippen LogP) is 3.66. The van der Waals surface area contributed by atoms with Gasteiger partial charge in [0, 0.05) is 29.9 Å². The number of halogens is 2. The Labute approximate surface area is 132 Å². The van der Waals surface area contributed by atoms with E-state index in [2.05, 4.69) is 16.0 Å². The summed E-state index contributed by atoms with van der Waals surface area (Å²) in [6.45, 7) is 3.02. The van der Waals surface area contributed by atoms with E-state index in [-0.39, 0.29) is 5.56 Å². The van der Waals surface area contributed by atoms with Crippen LogP contribution in [0.4, 0.5) is 8.78 Å². The summed E-state index contributed by atoms with van der Waals surface area (Å²) in [5.74, 6) is -2.40. The Bertz CT molecular complexity index is 871. The first-order chi connectivity index (χ1) is 11.1. The highest BCUT2D eigenvalue weighted by Gasteiger charge is 2.10. The fourth-order valence-corrected chi connectivity index (χ4v) is 2.67. The molecule has 0 saturated carbocycles. The number of aryl methyl sites for hydroxylation is 1. The molecule has 0 fully saturated rings. The molecule has 3 rings (SSSR count). The van der Waals surface area contributed by atoms with Crippen molar-refractivity contribution in [3.8, 4) is 0 Å². The lowest BCUT2D eigenvalue weighted by molar-refractivity contribution is 0.0952. The molecule has 1 N–H and O–H groups in total. The van der Waals surface area contributed by atoms with Gasteiger partial charge < -0.3 is 9.88 Å². The number of amides is 1. The largest absolute Gasteiger partial charge is 0.350 e. The van der Waals surface area contributed by atoms with Crippen LogP contribution in [-0.4, -0.2) is 17.0 Å². The van der Waals surface area contributed by atoms with Gasteiger partial charge in [0.2, 0.25) is 0 Å².